The molecule has 5 heteroatoms. The zero-order chi connectivity index (χ0) is 17.2. The molecule has 4 rings (SSSR count). The van der Waals surface area contributed by atoms with Gasteiger partial charge in [0, 0.05) is 19.6 Å². The van der Waals surface area contributed by atoms with Crippen LogP contribution in [-0.2, 0) is 0 Å². The number of ether oxygens (including phenoxy) is 1. The molecule has 2 unspecified atom stereocenters. The van der Waals surface area contributed by atoms with Gasteiger partial charge >= 0.3 is 0 Å². The molecule has 25 heavy (non-hydrogen) atoms. The number of phenolic OH excluding ortho intramolecular Hbond substituents is 1. The molecule has 1 saturated carbocycles. The summed E-state index contributed by atoms with van der Waals surface area (Å²) in [6, 6.07) is 7.62. The van der Waals surface area contributed by atoms with Crippen molar-refractivity contribution in [3.05, 3.63) is 48.5 Å². The van der Waals surface area contributed by atoms with Gasteiger partial charge < -0.3 is 14.7 Å². The van der Waals surface area contributed by atoms with Gasteiger partial charge in [-0.25, -0.2) is 9.97 Å². The van der Waals surface area contributed by atoms with Crippen molar-refractivity contribution in [2.45, 2.75) is 31.8 Å². The predicted molar refractivity (Wildman–Crippen MR) is 95.6 cm³/mol. The highest BCUT2D eigenvalue weighted by Crippen LogP contribution is 2.40. The van der Waals surface area contributed by atoms with E-state index in [0.717, 1.165) is 50.1 Å². The van der Waals surface area contributed by atoms with Crippen LogP contribution in [0.4, 0.5) is 0 Å². The van der Waals surface area contributed by atoms with E-state index in [-0.39, 0.29) is 0 Å². The number of likely N-dealkylation sites (tertiary alicyclic amines) is 1. The molecule has 1 aliphatic heterocycles. The molecular weight excluding hydrogens is 314 g/mol. The summed E-state index contributed by atoms with van der Waals surface area (Å²) >= 11 is 0. The number of aromatic nitrogens is 2. The molecule has 4 atom stereocenters. The summed E-state index contributed by atoms with van der Waals surface area (Å²) in [6.45, 7) is 5.67. The van der Waals surface area contributed by atoms with E-state index < -0.39 is 0 Å². The number of aromatic hydroxyl groups is 1. The summed E-state index contributed by atoms with van der Waals surface area (Å²) in [6.07, 6.45) is 7.58. The molecule has 1 aromatic heterocycles. The molecular formula is C20H25N3O2. The Morgan fingerprint density at radius 1 is 1.12 bits per heavy atom. The van der Waals surface area contributed by atoms with Crippen LogP contribution in [0.2, 0.25) is 0 Å². The zero-order valence-electron chi connectivity index (χ0n) is 14.6. The Hall–Kier alpha value is -2.14. The minimum atomic E-state index is 0.303. The van der Waals surface area contributed by atoms with Gasteiger partial charge in [0.25, 0.3) is 0 Å². The Morgan fingerprint density at radius 3 is 2.40 bits per heavy atom. The fraction of sp³-hybridized carbons (Fsp3) is 0.500. The number of nitrogens with zero attached hydrogens (tertiary/aromatic N) is 3. The third-order valence-corrected chi connectivity index (χ3v) is 5.62. The molecule has 1 aromatic carbocycles. The van der Waals surface area contributed by atoms with Gasteiger partial charge in [-0.05, 0) is 48.3 Å². The van der Waals surface area contributed by atoms with Crippen LogP contribution in [0.3, 0.4) is 0 Å². The molecule has 2 aromatic rings. The first-order chi connectivity index (χ1) is 12.2. The monoisotopic (exact) mass is 339 g/mol. The van der Waals surface area contributed by atoms with Crippen LogP contribution in [0.15, 0.2) is 43.0 Å². The standard InChI is InChI=1S/C20H25N3O2/c1-14(15-2-4-18(24)5-3-15)10-23-11-16-6-19(7-17(16)12-23)25-20-8-21-13-22-9-20/h2-5,8-9,13-14,16-17,19,24H,6-7,10-12H2,1H3/t14?,16-,17?,19+/m0/s1. The minimum absolute atomic E-state index is 0.303. The summed E-state index contributed by atoms with van der Waals surface area (Å²) in [7, 11) is 0. The van der Waals surface area contributed by atoms with Crippen molar-refractivity contribution in [2.75, 3.05) is 19.6 Å². The van der Waals surface area contributed by atoms with Gasteiger partial charge in [0.2, 0.25) is 0 Å². The highest BCUT2D eigenvalue weighted by Gasteiger charge is 2.42. The molecule has 1 saturated heterocycles. The molecule has 5 nitrogen and oxygen atoms in total. The first kappa shape index (κ1) is 16.3. The van der Waals surface area contributed by atoms with Gasteiger partial charge in [-0.1, -0.05) is 19.1 Å². The largest absolute Gasteiger partial charge is 0.508 e. The van der Waals surface area contributed by atoms with Crippen molar-refractivity contribution < 1.29 is 9.84 Å². The van der Waals surface area contributed by atoms with Crippen molar-refractivity contribution in [3.63, 3.8) is 0 Å². The lowest BCUT2D eigenvalue weighted by molar-refractivity contribution is 0.183. The number of benzene rings is 1. The first-order valence-electron chi connectivity index (χ1n) is 9.10. The van der Waals surface area contributed by atoms with E-state index in [0.29, 0.717) is 17.8 Å². The third kappa shape index (κ3) is 3.76. The Kier molecular flexibility index (Phi) is 4.57. The summed E-state index contributed by atoms with van der Waals surface area (Å²) < 4.78 is 6.04. The number of hydrogen-bond donors (Lipinski definition) is 1. The SMILES string of the molecule is CC(CN1CC2C[C@H](Oc3cncnc3)C[C@H]2C1)c1ccc(O)cc1. The van der Waals surface area contributed by atoms with Crippen LogP contribution in [0.5, 0.6) is 11.5 Å². The van der Waals surface area contributed by atoms with Crippen molar-refractivity contribution in [1.82, 2.24) is 14.9 Å². The van der Waals surface area contributed by atoms with Crippen LogP contribution >= 0.6 is 0 Å². The predicted octanol–water partition coefficient (Wildman–Crippen LogP) is 3.08. The summed E-state index contributed by atoms with van der Waals surface area (Å²) in [5, 5.41) is 9.43. The quantitative estimate of drug-likeness (QED) is 0.907. The molecule has 1 aliphatic carbocycles. The Balaban J connectivity index is 1.28. The summed E-state index contributed by atoms with van der Waals surface area (Å²) in [5.41, 5.74) is 1.29. The van der Waals surface area contributed by atoms with Crippen molar-refractivity contribution in [1.29, 1.82) is 0 Å². The smallest absolute Gasteiger partial charge is 0.156 e. The number of phenols is 1. The Labute approximate surface area is 148 Å². The van der Waals surface area contributed by atoms with Gasteiger partial charge in [-0.3, -0.25) is 0 Å². The van der Waals surface area contributed by atoms with E-state index in [1.807, 2.05) is 12.1 Å². The van der Waals surface area contributed by atoms with Crippen molar-refractivity contribution in [3.8, 4) is 11.5 Å². The lowest BCUT2D eigenvalue weighted by atomic mass is 10.0. The maximum absolute atomic E-state index is 9.43. The van der Waals surface area contributed by atoms with Crippen LogP contribution in [0.1, 0.15) is 31.2 Å². The van der Waals surface area contributed by atoms with E-state index in [4.69, 9.17) is 4.74 Å². The van der Waals surface area contributed by atoms with Gasteiger partial charge in [0.05, 0.1) is 18.5 Å². The molecule has 0 radical (unpaired) electrons. The normalized spacial score (nSPS) is 27.2. The van der Waals surface area contributed by atoms with Crippen LogP contribution in [0, 0.1) is 11.8 Å². The highest BCUT2D eigenvalue weighted by molar-refractivity contribution is 5.28. The summed E-state index contributed by atoms with van der Waals surface area (Å²) in [4.78, 5) is 10.6. The molecule has 0 bridgehead atoms. The lowest BCUT2D eigenvalue weighted by Gasteiger charge is -2.23. The Bertz CT molecular complexity index is 678. The topological polar surface area (TPSA) is 58.5 Å². The second-order valence-electron chi connectivity index (χ2n) is 7.52. The van der Waals surface area contributed by atoms with E-state index in [2.05, 4.69) is 21.8 Å². The maximum Gasteiger partial charge on any atom is 0.156 e. The maximum atomic E-state index is 9.43. The van der Waals surface area contributed by atoms with Crippen LogP contribution in [-0.4, -0.2) is 45.7 Å². The average molecular weight is 339 g/mol. The molecule has 2 fully saturated rings. The second-order valence-corrected chi connectivity index (χ2v) is 7.52. The Morgan fingerprint density at radius 2 is 1.76 bits per heavy atom. The van der Waals surface area contributed by atoms with Gasteiger partial charge in [-0.2, -0.15) is 0 Å². The molecule has 0 amide bonds. The lowest BCUT2D eigenvalue weighted by Crippen LogP contribution is -2.28. The van der Waals surface area contributed by atoms with Crippen LogP contribution < -0.4 is 4.74 Å². The van der Waals surface area contributed by atoms with E-state index >= 15 is 0 Å². The first-order valence-corrected chi connectivity index (χ1v) is 9.10. The molecule has 0 spiro atoms. The number of rotatable bonds is 5. The molecule has 2 heterocycles. The molecule has 2 aliphatic rings. The van der Waals surface area contributed by atoms with Crippen LogP contribution in [0.25, 0.3) is 0 Å². The van der Waals surface area contributed by atoms with E-state index in [1.54, 1.807) is 24.5 Å². The summed E-state index contributed by atoms with van der Waals surface area (Å²) in [5.74, 6) is 3.07. The fourth-order valence-electron chi connectivity index (χ4n) is 4.42. The molecule has 132 valence electrons. The third-order valence-electron chi connectivity index (χ3n) is 5.62. The van der Waals surface area contributed by atoms with Gasteiger partial charge in [-0.15, -0.1) is 0 Å². The highest BCUT2D eigenvalue weighted by atomic mass is 16.5. The van der Waals surface area contributed by atoms with Crippen molar-refractivity contribution in [2.24, 2.45) is 11.8 Å². The van der Waals surface area contributed by atoms with Crippen molar-refractivity contribution >= 4 is 0 Å². The second kappa shape index (κ2) is 7.00. The molecule has 1 N–H and O–H groups in total. The van der Waals surface area contributed by atoms with E-state index in [1.165, 1.54) is 11.9 Å². The minimum Gasteiger partial charge on any atom is -0.508 e. The number of hydrogen-bond acceptors (Lipinski definition) is 5. The van der Waals surface area contributed by atoms with Gasteiger partial charge in [0.1, 0.15) is 12.1 Å². The average Bonchev–Trinajstić information content (AvgIpc) is 3.14. The zero-order valence-corrected chi connectivity index (χ0v) is 14.6. The van der Waals surface area contributed by atoms with Gasteiger partial charge in [0.15, 0.2) is 5.75 Å². The fourth-order valence-corrected chi connectivity index (χ4v) is 4.42. The van der Waals surface area contributed by atoms with E-state index in [9.17, 15) is 5.11 Å². The number of fused-ring (bicyclic) bond motifs is 1.